The van der Waals surface area contributed by atoms with E-state index in [9.17, 15) is 30.8 Å². The molecule has 37 heavy (non-hydrogen) atoms. The van der Waals surface area contributed by atoms with Crippen LogP contribution in [-0.4, -0.2) is 39.2 Å². The predicted octanol–water partition coefficient (Wildman–Crippen LogP) is 6.00. The van der Waals surface area contributed by atoms with E-state index in [0.29, 0.717) is 22.1 Å². The van der Waals surface area contributed by atoms with Gasteiger partial charge in [0.2, 0.25) is 0 Å². The van der Waals surface area contributed by atoms with E-state index < -0.39 is 39.5 Å². The van der Waals surface area contributed by atoms with Gasteiger partial charge in [-0.3, -0.25) is 4.79 Å². The van der Waals surface area contributed by atoms with Gasteiger partial charge in [-0.1, -0.05) is 30.3 Å². The number of alkyl halides is 3. The fraction of sp³-hybridized carbons (Fsp3) is 0.192. The monoisotopic (exact) mass is 534 g/mol. The summed E-state index contributed by atoms with van der Waals surface area (Å²) in [5.74, 6) is -0.861. The summed E-state index contributed by atoms with van der Waals surface area (Å²) in [6.07, 6.45) is -5.63. The summed E-state index contributed by atoms with van der Waals surface area (Å²) < 4.78 is 83.6. The van der Waals surface area contributed by atoms with Crippen molar-refractivity contribution in [2.75, 3.05) is 18.6 Å². The van der Waals surface area contributed by atoms with Gasteiger partial charge in [-0.05, 0) is 35.9 Å². The number of sulfone groups is 1. The molecule has 0 saturated carbocycles. The molecule has 0 aliphatic carbocycles. The van der Waals surface area contributed by atoms with E-state index in [1.807, 2.05) is 0 Å². The van der Waals surface area contributed by atoms with Crippen molar-refractivity contribution < 1.29 is 35.2 Å². The molecule has 4 rings (SSSR count). The number of anilines is 1. The average Bonchev–Trinajstić information content (AvgIpc) is 3.20. The summed E-state index contributed by atoms with van der Waals surface area (Å²) in [5.41, 5.74) is 1.67. The van der Waals surface area contributed by atoms with Crippen LogP contribution in [0.1, 0.15) is 16.8 Å². The van der Waals surface area contributed by atoms with Crippen LogP contribution in [0.25, 0.3) is 33.4 Å². The van der Waals surface area contributed by atoms with Crippen molar-refractivity contribution in [3.05, 3.63) is 78.1 Å². The first-order chi connectivity index (χ1) is 17.4. The third kappa shape index (κ3) is 5.77. The van der Waals surface area contributed by atoms with Crippen LogP contribution in [0.3, 0.4) is 0 Å². The van der Waals surface area contributed by atoms with Crippen molar-refractivity contribution in [1.29, 1.82) is 0 Å². The van der Waals surface area contributed by atoms with Gasteiger partial charge in [0.05, 0.1) is 12.0 Å². The van der Waals surface area contributed by atoms with Crippen LogP contribution in [0, 0.1) is 5.82 Å². The standard InChI is InChI=1S/C26H22F4N2O4S/c1-31-25(33)23-19-12-18(15-6-4-3-5-7-15)20(32-22(37(2,34)35)14-26(28,29)30)13-21(19)36-24(23)16-8-10-17(27)11-9-16/h3-13,22,32H,14H2,1-2H3,(H,31,33). The molecule has 0 spiro atoms. The van der Waals surface area contributed by atoms with Gasteiger partial charge in [-0.25, -0.2) is 12.8 Å². The number of benzene rings is 3. The molecule has 1 unspecified atom stereocenters. The van der Waals surface area contributed by atoms with Gasteiger partial charge in [0.15, 0.2) is 9.84 Å². The van der Waals surface area contributed by atoms with Crippen molar-refractivity contribution in [2.45, 2.75) is 18.0 Å². The Kier molecular flexibility index (Phi) is 7.00. The summed E-state index contributed by atoms with van der Waals surface area (Å²) in [5, 5.41) is 3.46. The van der Waals surface area contributed by atoms with Gasteiger partial charge in [-0.2, -0.15) is 13.2 Å². The zero-order valence-corrected chi connectivity index (χ0v) is 20.5. The number of carbonyl (C=O) groups excluding carboxylic acids is 1. The number of rotatable bonds is 7. The lowest BCUT2D eigenvalue weighted by Gasteiger charge is -2.22. The molecule has 6 nitrogen and oxygen atoms in total. The quantitative estimate of drug-likeness (QED) is 0.284. The number of nitrogens with one attached hydrogen (secondary N) is 2. The highest BCUT2D eigenvalue weighted by molar-refractivity contribution is 7.91. The van der Waals surface area contributed by atoms with Crippen LogP contribution in [0.4, 0.5) is 23.2 Å². The maximum atomic E-state index is 13.5. The molecule has 194 valence electrons. The lowest BCUT2D eigenvalue weighted by Crippen LogP contribution is -2.34. The second-order valence-corrected chi connectivity index (χ2v) is 10.7. The highest BCUT2D eigenvalue weighted by Crippen LogP contribution is 2.40. The average molecular weight is 535 g/mol. The third-order valence-electron chi connectivity index (χ3n) is 5.72. The molecule has 0 aliphatic heterocycles. The molecule has 0 fully saturated rings. The largest absolute Gasteiger partial charge is 0.455 e. The molecule has 4 aromatic rings. The molecular weight excluding hydrogens is 512 g/mol. The van der Waals surface area contributed by atoms with E-state index in [-0.39, 0.29) is 22.6 Å². The number of furan rings is 1. The minimum atomic E-state index is -4.75. The molecule has 1 atom stereocenters. The summed E-state index contributed by atoms with van der Waals surface area (Å²) in [6, 6.07) is 16.8. The van der Waals surface area contributed by atoms with E-state index in [0.717, 1.165) is 6.26 Å². The lowest BCUT2D eigenvalue weighted by molar-refractivity contribution is -0.133. The third-order valence-corrected chi connectivity index (χ3v) is 7.04. The number of fused-ring (bicyclic) bond motifs is 1. The molecule has 1 amide bonds. The summed E-state index contributed by atoms with van der Waals surface area (Å²) >= 11 is 0. The van der Waals surface area contributed by atoms with Crippen molar-refractivity contribution in [3.8, 4) is 22.5 Å². The molecule has 1 aromatic heterocycles. The van der Waals surface area contributed by atoms with Gasteiger partial charge in [0, 0.05) is 41.6 Å². The fourth-order valence-electron chi connectivity index (χ4n) is 3.97. The molecule has 0 saturated heterocycles. The molecule has 0 bridgehead atoms. The van der Waals surface area contributed by atoms with Crippen LogP contribution >= 0.6 is 0 Å². The zero-order valence-electron chi connectivity index (χ0n) is 19.7. The Morgan fingerprint density at radius 2 is 1.65 bits per heavy atom. The maximum absolute atomic E-state index is 13.5. The zero-order chi connectivity index (χ0) is 27.0. The summed E-state index contributed by atoms with van der Waals surface area (Å²) in [6.45, 7) is 0. The van der Waals surface area contributed by atoms with Crippen LogP contribution in [-0.2, 0) is 9.84 Å². The number of amides is 1. The van der Waals surface area contributed by atoms with Gasteiger partial charge in [0.1, 0.15) is 22.5 Å². The number of halogens is 4. The van der Waals surface area contributed by atoms with Gasteiger partial charge >= 0.3 is 6.18 Å². The summed E-state index contributed by atoms with van der Waals surface area (Å²) in [7, 11) is -2.75. The molecule has 3 aromatic carbocycles. The molecule has 0 aliphatic rings. The Labute approximate surface area is 210 Å². The second kappa shape index (κ2) is 9.89. The maximum Gasteiger partial charge on any atom is 0.392 e. The fourth-order valence-corrected chi connectivity index (χ4v) is 4.80. The number of carbonyl (C=O) groups is 1. The highest BCUT2D eigenvalue weighted by atomic mass is 32.2. The minimum absolute atomic E-state index is 0.0706. The molecule has 2 N–H and O–H groups in total. The number of hydrogen-bond acceptors (Lipinski definition) is 5. The van der Waals surface area contributed by atoms with Crippen LogP contribution in [0.2, 0.25) is 0 Å². The van der Waals surface area contributed by atoms with E-state index in [1.54, 1.807) is 36.4 Å². The number of hydrogen-bond donors (Lipinski definition) is 2. The highest BCUT2D eigenvalue weighted by Gasteiger charge is 2.37. The topological polar surface area (TPSA) is 88.4 Å². The Balaban J connectivity index is 1.98. The van der Waals surface area contributed by atoms with Crippen molar-refractivity contribution in [3.63, 3.8) is 0 Å². The van der Waals surface area contributed by atoms with Crippen molar-refractivity contribution in [2.24, 2.45) is 0 Å². The Hall–Kier alpha value is -3.86. The van der Waals surface area contributed by atoms with Gasteiger partial charge in [0.25, 0.3) is 5.91 Å². The van der Waals surface area contributed by atoms with E-state index in [2.05, 4.69) is 10.6 Å². The minimum Gasteiger partial charge on any atom is -0.455 e. The van der Waals surface area contributed by atoms with E-state index in [1.165, 1.54) is 37.4 Å². The predicted molar refractivity (Wildman–Crippen MR) is 133 cm³/mol. The SMILES string of the molecule is CNC(=O)c1c(-c2ccc(F)cc2)oc2cc(NC(CC(F)(F)F)S(C)(=O)=O)c(-c3ccccc3)cc12. The van der Waals surface area contributed by atoms with E-state index >= 15 is 0 Å². The second-order valence-electron chi connectivity index (χ2n) is 8.43. The van der Waals surface area contributed by atoms with Crippen LogP contribution in [0.15, 0.2) is 71.1 Å². The molecule has 1 heterocycles. The Bertz CT molecular complexity index is 1550. The first-order valence-electron chi connectivity index (χ1n) is 11.0. The van der Waals surface area contributed by atoms with Gasteiger partial charge < -0.3 is 15.1 Å². The van der Waals surface area contributed by atoms with Gasteiger partial charge in [-0.15, -0.1) is 0 Å². The normalized spacial score (nSPS) is 12.9. The van der Waals surface area contributed by atoms with Crippen molar-refractivity contribution >= 4 is 32.4 Å². The molecular formula is C26H22F4N2O4S. The van der Waals surface area contributed by atoms with Crippen molar-refractivity contribution in [1.82, 2.24) is 5.32 Å². The Morgan fingerprint density at radius 3 is 2.22 bits per heavy atom. The first-order valence-corrected chi connectivity index (χ1v) is 13.0. The summed E-state index contributed by atoms with van der Waals surface area (Å²) in [4.78, 5) is 12.9. The van der Waals surface area contributed by atoms with E-state index in [4.69, 9.17) is 4.42 Å². The lowest BCUT2D eigenvalue weighted by atomic mass is 9.98. The van der Waals surface area contributed by atoms with Crippen LogP contribution < -0.4 is 10.6 Å². The Morgan fingerprint density at radius 1 is 1.00 bits per heavy atom. The smallest absolute Gasteiger partial charge is 0.392 e. The molecule has 0 radical (unpaired) electrons. The first kappa shape index (κ1) is 26.2. The van der Waals surface area contributed by atoms with Crippen LogP contribution in [0.5, 0.6) is 0 Å². The molecule has 11 heteroatoms.